The lowest BCUT2D eigenvalue weighted by molar-refractivity contribution is -0.0567. The average molecular weight is 214 g/mol. The van der Waals surface area contributed by atoms with Crippen molar-refractivity contribution in [2.24, 2.45) is 0 Å². The monoisotopic (exact) mass is 214 g/mol. The lowest BCUT2D eigenvalue weighted by Crippen LogP contribution is -2.54. The van der Waals surface area contributed by atoms with E-state index in [9.17, 15) is 5.11 Å². The number of hydrogen-bond acceptors (Lipinski definition) is 4. The summed E-state index contributed by atoms with van der Waals surface area (Å²) in [6, 6.07) is 0.884. The number of aliphatic hydroxyl groups excluding tert-OH is 1. The Morgan fingerprint density at radius 3 is 2.67 bits per heavy atom. The highest BCUT2D eigenvalue weighted by Crippen LogP contribution is 2.19. The highest BCUT2D eigenvalue weighted by Gasteiger charge is 2.30. The molecule has 0 aromatic carbocycles. The van der Waals surface area contributed by atoms with E-state index < -0.39 is 0 Å². The van der Waals surface area contributed by atoms with Crippen molar-refractivity contribution in [3.63, 3.8) is 0 Å². The Balaban J connectivity index is 1.90. The Hall–Kier alpha value is -0.160. The van der Waals surface area contributed by atoms with E-state index in [2.05, 4.69) is 16.8 Å². The van der Waals surface area contributed by atoms with Crippen LogP contribution in [0.4, 0.5) is 0 Å². The molecule has 0 aromatic heterocycles. The van der Waals surface area contributed by atoms with Crippen molar-refractivity contribution >= 4 is 0 Å². The van der Waals surface area contributed by atoms with E-state index in [0.29, 0.717) is 12.6 Å². The van der Waals surface area contributed by atoms with Gasteiger partial charge in [0.1, 0.15) is 0 Å². The number of rotatable bonds is 2. The zero-order chi connectivity index (χ0) is 10.7. The minimum atomic E-state index is 0.229. The molecular weight excluding hydrogens is 192 g/mol. The summed E-state index contributed by atoms with van der Waals surface area (Å²) < 4.78 is 5.40. The van der Waals surface area contributed by atoms with Crippen LogP contribution in [0.1, 0.15) is 12.8 Å². The Labute approximate surface area is 91.8 Å². The number of aliphatic hydroxyl groups is 1. The number of morpholine rings is 1. The first-order valence-electron chi connectivity index (χ1n) is 5.94. The van der Waals surface area contributed by atoms with Crippen molar-refractivity contribution in [3.8, 4) is 0 Å². The van der Waals surface area contributed by atoms with Gasteiger partial charge < -0.3 is 14.7 Å². The number of ether oxygens (including phenoxy) is 1. The van der Waals surface area contributed by atoms with Crippen molar-refractivity contribution in [1.82, 2.24) is 9.80 Å². The second-order valence-corrected chi connectivity index (χ2v) is 4.68. The summed E-state index contributed by atoms with van der Waals surface area (Å²) in [5.41, 5.74) is 0. The largest absolute Gasteiger partial charge is 0.395 e. The lowest BCUT2D eigenvalue weighted by atomic mass is 10.0. The van der Waals surface area contributed by atoms with Crippen molar-refractivity contribution in [2.75, 3.05) is 46.5 Å². The van der Waals surface area contributed by atoms with E-state index in [1.54, 1.807) is 0 Å². The van der Waals surface area contributed by atoms with E-state index in [4.69, 9.17) is 4.74 Å². The van der Waals surface area contributed by atoms with Crippen LogP contribution in [0.3, 0.4) is 0 Å². The minimum Gasteiger partial charge on any atom is -0.395 e. The number of likely N-dealkylation sites (tertiary alicyclic amines) is 1. The Morgan fingerprint density at radius 1 is 1.27 bits per heavy atom. The first-order chi connectivity index (χ1) is 7.31. The van der Waals surface area contributed by atoms with Crippen LogP contribution < -0.4 is 0 Å². The normalized spacial score (nSPS) is 32.0. The van der Waals surface area contributed by atoms with E-state index in [-0.39, 0.29) is 12.6 Å². The summed E-state index contributed by atoms with van der Waals surface area (Å²) in [4.78, 5) is 4.83. The summed E-state index contributed by atoms with van der Waals surface area (Å²) in [7, 11) is 2.18. The van der Waals surface area contributed by atoms with Gasteiger partial charge in [0, 0.05) is 12.6 Å². The molecule has 2 saturated heterocycles. The zero-order valence-corrected chi connectivity index (χ0v) is 9.56. The molecule has 2 heterocycles. The van der Waals surface area contributed by atoms with Gasteiger partial charge in [-0.15, -0.1) is 0 Å². The zero-order valence-electron chi connectivity index (χ0n) is 9.56. The topological polar surface area (TPSA) is 35.9 Å². The molecule has 0 aromatic rings. The maximum Gasteiger partial charge on any atom is 0.0644 e. The van der Waals surface area contributed by atoms with Gasteiger partial charge in [0.25, 0.3) is 0 Å². The molecule has 1 unspecified atom stereocenters. The molecule has 2 fully saturated rings. The Bertz CT molecular complexity index is 193. The van der Waals surface area contributed by atoms with Gasteiger partial charge in [0.05, 0.1) is 25.9 Å². The van der Waals surface area contributed by atoms with Gasteiger partial charge >= 0.3 is 0 Å². The average Bonchev–Trinajstić information content (AvgIpc) is 2.30. The van der Waals surface area contributed by atoms with E-state index in [1.807, 2.05) is 0 Å². The van der Waals surface area contributed by atoms with E-state index >= 15 is 0 Å². The SMILES string of the molecule is CN1CCC(N2CCOCC2CO)CC1. The molecule has 2 aliphatic rings. The van der Waals surface area contributed by atoms with Crippen LogP contribution in [0.25, 0.3) is 0 Å². The fourth-order valence-electron chi connectivity index (χ4n) is 2.63. The molecule has 4 nitrogen and oxygen atoms in total. The number of piperidine rings is 1. The van der Waals surface area contributed by atoms with Crippen LogP contribution in [0.5, 0.6) is 0 Å². The van der Waals surface area contributed by atoms with Gasteiger partial charge in [-0.3, -0.25) is 4.90 Å². The molecule has 1 atom stereocenters. The summed E-state index contributed by atoms with van der Waals surface area (Å²) >= 11 is 0. The van der Waals surface area contributed by atoms with Gasteiger partial charge in [0.2, 0.25) is 0 Å². The molecule has 15 heavy (non-hydrogen) atoms. The summed E-state index contributed by atoms with van der Waals surface area (Å²) in [6.07, 6.45) is 2.46. The maximum atomic E-state index is 9.31. The van der Waals surface area contributed by atoms with Gasteiger partial charge in [-0.2, -0.15) is 0 Å². The fraction of sp³-hybridized carbons (Fsp3) is 1.00. The minimum absolute atomic E-state index is 0.229. The molecule has 0 saturated carbocycles. The molecule has 4 heteroatoms. The molecule has 0 aliphatic carbocycles. The molecule has 0 bridgehead atoms. The van der Waals surface area contributed by atoms with Crippen LogP contribution in [-0.2, 0) is 4.74 Å². The molecule has 0 spiro atoms. The van der Waals surface area contributed by atoms with Crippen molar-refractivity contribution in [1.29, 1.82) is 0 Å². The quantitative estimate of drug-likeness (QED) is 0.689. The van der Waals surface area contributed by atoms with Crippen LogP contribution in [-0.4, -0.2) is 73.5 Å². The molecule has 1 N–H and O–H groups in total. The van der Waals surface area contributed by atoms with Crippen molar-refractivity contribution in [3.05, 3.63) is 0 Å². The Kier molecular flexibility index (Phi) is 3.97. The lowest BCUT2D eigenvalue weighted by Gasteiger charge is -2.43. The highest BCUT2D eigenvalue weighted by molar-refractivity contribution is 4.85. The Morgan fingerprint density at radius 2 is 2.00 bits per heavy atom. The fourth-order valence-corrected chi connectivity index (χ4v) is 2.63. The van der Waals surface area contributed by atoms with Gasteiger partial charge in [-0.25, -0.2) is 0 Å². The molecule has 2 rings (SSSR count). The van der Waals surface area contributed by atoms with Crippen molar-refractivity contribution < 1.29 is 9.84 Å². The van der Waals surface area contributed by atoms with Crippen molar-refractivity contribution in [2.45, 2.75) is 24.9 Å². The standard InChI is InChI=1S/C11H22N2O2/c1-12-4-2-10(3-5-12)13-6-7-15-9-11(13)8-14/h10-11,14H,2-9H2,1H3. The summed E-state index contributed by atoms with van der Waals surface area (Å²) in [6.45, 7) is 5.10. The first kappa shape index (κ1) is 11.3. The highest BCUT2D eigenvalue weighted by atomic mass is 16.5. The van der Waals surface area contributed by atoms with Crippen LogP contribution in [0.2, 0.25) is 0 Å². The molecule has 0 radical (unpaired) electrons. The van der Waals surface area contributed by atoms with Crippen LogP contribution in [0, 0.1) is 0 Å². The molecule has 2 aliphatic heterocycles. The molecule has 0 amide bonds. The third kappa shape index (κ3) is 2.69. The van der Waals surface area contributed by atoms with E-state index in [1.165, 1.54) is 25.9 Å². The predicted molar refractivity (Wildman–Crippen MR) is 58.9 cm³/mol. The van der Waals surface area contributed by atoms with Crippen LogP contribution in [0.15, 0.2) is 0 Å². The van der Waals surface area contributed by atoms with Gasteiger partial charge in [-0.1, -0.05) is 0 Å². The predicted octanol–water partition coefficient (Wildman–Crippen LogP) is -0.226. The first-order valence-corrected chi connectivity index (χ1v) is 5.94. The smallest absolute Gasteiger partial charge is 0.0644 e. The third-order valence-corrected chi connectivity index (χ3v) is 3.64. The maximum absolute atomic E-state index is 9.31. The second-order valence-electron chi connectivity index (χ2n) is 4.68. The van der Waals surface area contributed by atoms with Gasteiger partial charge in [0.15, 0.2) is 0 Å². The second kappa shape index (κ2) is 5.25. The van der Waals surface area contributed by atoms with Gasteiger partial charge in [-0.05, 0) is 33.0 Å². The summed E-state index contributed by atoms with van der Waals surface area (Å²) in [5.74, 6) is 0. The molecule has 88 valence electrons. The van der Waals surface area contributed by atoms with E-state index in [0.717, 1.165) is 13.2 Å². The number of hydrogen-bond donors (Lipinski definition) is 1. The number of nitrogens with zero attached hydrogens (tertiary/aromatic N) is 2. The third-order valence-electron chi connectivity index (χ3n) is 3.64. The molecular formula is C11H22N2O2. The summed E-state index contributed by atoms with van der Waals surface area (Å²) in [5, 5.41) is 9.31. The van der Waals surface area contributed by atoms with Crippen LogP contribution >= 0.6 is 0 Å².